The molecule has 1 aliphatic heterocycles. The van der Waals surface area contributed by atoms with Gasteiger partial charge in [-0.3, -0.25) is 4.98 Å². The number of aromatic nitrogens is 1. The SMILES string of the molecule is CC(C)/C1=C/CCNCc2nccc(C(C)C)c21. The van der Waals surface area contributed by atoms with Gasteiger partial charge in [-0.05, 0) is 42.0 Å². The van der Waals surface area contributed by atoms with Crippen LogP contribution in [0.2, 0.25) is 0 Å². The van der Waals surface area contributed by atoms with Crippen LogP contribution in [0.15, 0.2) is 18.3 Å². The molecule has 2 heterocycles. The summed E-state index contributed by atoms with van der Waals surface area (Å²) in [6.45, 7) is 11.0. The van der Waals surface area contributed by atoms with E-state index >= 15 is 0 Å². The molecule has 2 heteroatoms. The van der Waals surface area contributed by atoms with E-state index in [2.05, 4.69) is 50.1 Å². The molecule has 18 heavy (non-hydrogen) atoms. The Morgan fingerprint density at radius 1 is 1.17 bits per heavy atom. The molecule has 0 bridgehead atoms. The second-order valence-corrected chi connectivity index (χ2v) is 5.66. The lowest BCUT2D eigenvalue weighted by atomic mass is 9.85. The van der Waals surface area contributed by atoms with E-state index in [0.29, 0.717) is 11.8 Å². The number of pyridine rings is 1. The van der Waals surface area contributed by atoms with Crippen molar-refractivity contribution in [2.75, 3.05) is 6.54 Å². The van der Waals surface area contributed by atoms with Gasteiger partial charge in [0, 0.05) is 18.3 Å². The van der Waals surface area contributed by atoms with Gasteiger partial charge in [0.1, 0.15) is 0 Å². The average molecular weight is 244 g/mol. The zero-order valence-electron chi connectivity index (χ0n) is 12.0. The number of nitrogens with zero attached hydrogens (tertiary/aromatic N) is 1. The first kappa shape index (κ1) is 13.3. The van der Waals surface area contributed by atoms with Crippen LogP contribution in [-0.4, -0.2) is 11.5 Å². The predicted molar refractivity (Wildman–Crippen MR) is 77.5 cm³/mol. The molecule has 0 saturated carbocycles. The molecule has 0 fully saturated rings. The number of hydrogen-bond acceptors (Lipinski definition) is 2. The Hall–Kier alpha value is -1.15. The first-order chi connectivity index (χ1) is 8.61. The lowest BCUT2D eigenvalue weighted by Gasteiger charge is -2.23. The van der Waals surface area contributed by atoms with E-state index in [1.54, 1.807) is 0 Å². The smallest absolute Gasteiger partial charge is 0.0619 e. The molecule has 1 aromatic heterocycles. The first-order valence-electron chi connectivity index (χ1n) is 7.00. The summed E-state index contributed by atoms with van der Waals surface area (Å²) in [6, 6.07) is 2.18. The molecular formula is C16H24N2. The van der Waals surface area contributed by atoms with E-state index in [-0.39, 0.29) is 0 Å². The van der Waals surface area contributed by atoms with Crippen LogP contribution in [0.1, 0.15) is 56.9 Å². The van der Waals surface area contributed by atoms with Gasteiger partial charge in [-0.2, -0.15) is 0 Å². The third-order valence-corrected chi connectivity index (χ3v) is 3.57. The summed E-state index contributed by atoms with van der Waals surface area (Å²) >= 11 is 0. The van der Waals surface area contributed by atoms with Crippen LogP contribution in [0, 0.1) is 5.92 Å². The van der Waals surface area contributed by atoms with Crippen molar-refractivity contribution in [1.82, 2.24) is 10.3 Å². The Labute approximate surface area is 111 Å². The third kappa shape index (κ3) is 2.64. The highest BCUT2D eigenvalue weighted by atomic mass is 14.9. The molecule has 0 unspecified atom stereocenters. The minimum Gasteiger partial charge on any atom is -0.311 e. The Morgan fingerprint density at radius 2 is 1.94 bits per heavy atom. The highest BCUT2D eigenvalue weighted by molar-refractivity contribution is 5.72. The zero-order chi connectivity index (χ0) is 13.1. The van der Waals surface area contributed by atoms with Crippen molar-refractivity contribution in [3.63, 3.8) is 0 Å². The van der Waals surface area contributed by atoms with Gasteiger partial charge in [-0.1, -0.05) is 33.8 Å². The molecule has 0 saturated heterocycles. The summed E-state index contributed by atoms with van der Waals surface area (Å²) in [5.41, 5.74) is 5.52. The molecule has 1 aliphatic rings. The van der Waals surface area contributed by atoms with Crippen LogP contribution in [0.25, 0.3) is 5.57 Å². The van der Waals surface area contributed by atoms with Gasteiger partial charge < -0.3 is 5.32 Å². The van der Waals surface area contributed by atoms with Crippen molar-refractivity contribution in [1.29, 1.82) is 0 Å². The van der Waals surface area contributed by atoms with Crippen LogP contribution in [0.4, 0.5) is 0 Å². The summed E-state index contributed by atoms with van der Waals surface area (Å²) in [7, 11) is 0. The molecule has 1 aromatic rings. The highest BCUT2D eigenvalue weighted by Gasteiger charge is 2.19. The van der Waals surface area contributed by atoms with Crippen LogP contribution in [-0.2, 0) is 6.54 Å². The highest BCUT2D eigenvalue weighted by Crippen LogP contribution is 2.33. The van der Waals surface area contributed by atoms with Crippen LogP contribution in [0.3, 0.4) is 0 Å². The number of hydrogen-bond donors (Lipinski definition) is 1. The van der Waals surface area contributed by atoms with E-state index < -0.39 is 0 Å². The Morgan fingerprint density at radius 3 is 2.61 bits per heavy atom. The van der Waals surface area contributed by atoms with Gasteiger partial charge in [0.2, 0.25) is 0 Å². The summed E-state index contributed by atoms with van der Waals surface area (Å²) in [5, 5.41) is 3.46. The monoisotopic (exact) mass is 244 g/mol. The van der Waals surface area contributed by atoms with E-state index in [1.807, 2.05) is 6.20 Å². The molecule has 98 valence electrons. The van der Waals surface area contributed by atoms with Crippen LogP contribution >= 0.6 is 0 Å². The van der Waals surface area contributed by atoms with Crippen LogP contribution in [0.5, 0.6) is 0 Å². The van der Waals surface area contributed by atoms with Crippen molar-refractivity contribution < 1.29 is 0 Å². The van der Waals surface area contributed by atoms with Gasteiger partial charge >= 0.3 is 0 Å². The quantitative estimate of drug-likeness (QED) is 0.857. The topological polar surface area (TPSA) is 24.9 Å². The van der Waals surface area contributed by atoms with Gasteiger partial charge in [0.05, 0.1) is 5.69 Å². The van der Waals surface area contributed by atoms with Gasteiger partial charge in [0.15, 0.2) is 0 Å². The maximum absolute atomic E-state index is 4.59. The summed E-state index contributed by atoms with van der Waals surface area (Å²) in [5.74, 6) is 1.10. The Balaban J connectivity index is 2.60. The molecule has 0 aromatic carbocycles. The van der Waals surface area contributed by atoms with E-state index in [4.69, 9.17) is 0 Å². The lowest BCUT2D eigenvalue weighted by molar-refractivity contribution is 0.666. The molecule has 0 atom stereocenters. The number of fused-ring (bicyclic) bond motifs is 1. The summed E-state index contributed by atoms with van der Waals surface area (Å²) in [6.07, 6.45) is 5.46. The summed E-state index contributed by atoms with van der Waals surface area (Å²) in [4.78, 5) is 4.59. The molecule has 0 radical (unpaired) electrons. The Kier molecular flexibility index (Phi) is 4.18. The molecule has 1 N–H and O–H groups in total. The van der Waals surface area contributed by atoms with Crippen molar-refractivity contribution in [3.8, 4) is 0 Å². The standard InChI is InChI=1S/C16H24N2/c1-11(2)13-6-5-8-17-10-15-16(13)14(12(3)4)7-9-18-15/h6-7,9,11-12,17H,5,8,10H2,1-4H3/b13-6-. The predicted octanol–water partition coefficient (Wildman–Crippen LogP) is 3.74. The third-order valence-electron chi connectivity index (χ3n) is 3.57. The first-order valence-corrected chi connectivity index (χ1v) is 7.00. The van der Waals surface area contributed by atoms with E-state index in [9.17, 15) is 0 Å². The largest absolute Gasteiger partial charge is 0.311 e. The van der Waals surface area contributed by atoms with Gasteiger partial charge in [-0.15, -0.1) is 0 Å². The maximum atomic E-state index is 4.59. The normalized spacial score (nSPS) is 19.1. The minimum absolute atomic E-state index is 0.545. The Bertz CT molecular complexity index is 444. The molecular weight excluding hydrogens is 220 g/mol. The number of rotatable bonds is 2. The van der Waals surface area contributed by atoms with E-state index in [0.717, 1.165) is 19.5 Å². The van der Waals surface area contributed by atoms with Gasteiger partial charge in [0.25, 0.3) is 0 Å². The fourth-order valence-electron chi connectivity index (χ4n) is 2.63. The van der Waals surface area contributed by atoms with Crippen LogP contribution < -0.4 is 5.32 Å². The molecule has 2 rings (SSSR count). The molecule has 0 spiro atoms. The number of nitrogens with one attached hydrogen (secondary N) is 1. The van der Waals surface area contributed by atoms with Gasteiger partial charge in [-0.25, -0.2) is 0 Å². The fraction of sp³-hybridized carbons (Fsp3) is 0.562. The minimum atomic E-state index is 0.545. The fourth-order valence-corrected chi connectivity index (χ4v) is 2.63. The van der Waals surface area contributed by atoms with Crippen molar-refractivity contribution in [2.45, 2.75) is 46.6 Å². The maximum Gasteiger partial charge on any atom is 0.0619 e. The second-order valence-electron chi connectivity index (χ2n) is 5.66. The average Bonchev–Trinajstić information content (AvgIpc) is 2.28. The zero-order valence-corrected chi connectivity index (χ0v) is 12.0. The second kappa shape index (κ2) is 5.66. The lowest BCUT2D eigenvalue weighted by Crippen LogP contribution is -2.20. The molecule has 2 nitrogen and oxygen atoms in total. The summed E-state index contributed by atoms with van der Waals surface area (Å²) < 4.78 is 0. The van der Waals surface area contributed by atoms with Crippen molar-refractivity contribution in [2.24, 2.45) is 5.92 Å². The molecule has 0 amide bonds. The van der Waals surface area contributed by atoms with Crippen molar-refractivity contribution >= 4 is 5.57 Å². The van der Waals surface area contributed by atoms with E-state index in [1.165, 1.54) is 22.4 Å². The van der Waals surface area contributed by atoms with Crippen molar-refractivity contribution in [3.05, 3.63) is 35.2 Å². The number of allylic oxidation sites excluding steroid dienone is 1. The molecule has 0 aliphatic carbocycles.